The minimum atomic E-state index is -0.591. The molecule has 2 atom stereocenters. The van der Waals surface area contributed by atoms with Crippen molar-refractivity contribution < 1.29 is 14.0 Å². The van der Waals surface area contributed by atoms with Crippen LogP contribution < -0.4 is 15.6 Å². The Morgan fingerprint density at radius 2 is 1.94 bits per heavy atom. The van der Waals surface area contributed by atoms with Crippen LogP contribution in [0, 0.1) is 11.3 Å². The first-order chi connectivity index (χ1) is 17.0. The monoisotopic (exact) mass is 503 g/mol. The fourth-order valence-electron chi connectivity index (χ4n) is 4.35. The van der Waals surface area contributed by atoms with E-state index >= 15 is 0 Å². The van der Waals surface area contributed by atoms with Gasteiger partial charge in [0.15, 0.2) is 0 Å². The van der Waals surface area contributed by atoms with E-state index in [2.05, 4.69) is 40.9 Å². The number of nitriles is 1. The van der Waals surface area contributed by atoms with E-state index in [1.165, 1.54) is 21.6 Å². The topological polar surface area (TPSA) is 103 Å². The summed E-state index contributed by atoms with van der Waals surface area (Å²) in [5.41, 5.74) is 3.09. The van der Waals surface area contributed by atoms with E-state index in [0.717, 1.165) is 47.2 Å². The lowest BCUT2D eigenvalue weighted by Gasteiger charge is -2.22. The summed E-state index contributed by atoms with van der Waals surface area (Å²) in [6, 6.07) is 22.0. The number of hydrogen-bond acceptors (Lipinski definition) is 6. The van der Waals surface area contributed by atoms with Gasteiger partial charge in [0.2, 0.25) is 11.6 Å². The normalized spacial score (nSPS) is 15.7. The van der Waals surface area contributed by atoms with E-state index in [-0.39, 0.29) is 10.9 Å². The van der Waals surface area contributed by atoms with Crippen molar-refractivity contribution >= 4 is 34.0 Å². The summed E-state index contributed by atoms with van der Waals surface area (Å²) in [6.07, 6.45) is 2.65. The number of thioether (sulfide) groups is 1. The van der Waals surface area contributed by atoms with Crippen LogP contribution in [0.25, 0.3) is 5.69 Å². The van der Waals surface area contributed by atoms with Gasteiger partial charge in [-0.1, -0.05) is 48.5 Å². The summed E-state index contributed by atoms with van der Waals surface area (Å²) in [4.78, 5) is 26.5. The molecule has 2 N–H and O–H groups in total. The van der Waals surface area contributed by atoms with Crippen LogP contribution >= 0.6 is 23.1 Å². The predicted octanol–water partition coefficient (Wildman–Crippen LogP) is 4.57. The van der Waals surface area contributed by atoms with E-state index in [1.54, 1.807) is 6.92 Å². The number of para-hydroxylation sites is 1. The third-order valence-electron chi connectivity index (χ3n) is 6.16. The average Bonchev–Trinajstić information content (AvgIpc) is 3.43. The van der Waals surface area contributed by atoms with Crippen LogP contribution in [-0.2, 0) is 17.6 Å². The van der Waals surface area contributed by atoms with Crippen molar-refractivity contribution in [2.24, 2.45) is 0 Å². The van der Waals surface area contributed by atoms with Crippen LogP contribution in [-0.4, -0.2) is 16.4 Å². The fraction of sp³-hybridized carbons (Fsp3) is 0.231. The zero-order chi connectivity index (χ0) is 24.4. The largest absolute Gasteiger partial charge is 0.442 e. The van der Waals surface area contributed by atoms with Gasteiger partial charge in [-0.05, 0) is 64.9 Å². The lowest BCUT2D eigenvalue weighted by atomic mass is 9.83. The molecular formula is C26H23N4O3S2+. The van der Waals surface area contributed by atoms with Crippen LogP contribution in [0.1, 0.15) is 40.8 Å². The van der Waals surface area contributed by atoms with Gasteiger partial charge in [0.1, 0.15) is 11.1 Å². The quantitative estimate of drug-likeness (QED) is 0.296. The maximum absolute atomic E-state index is 13.1. The van der Waals surface area contributed by atoms with Gasteiger partial charge in [0, 0.05) is 17.0 Å². The number of nitrogens with zero attached hydrogens (tertiary/aromatic N) is 2. The van der Waals surface area contributed by atoms with E-state index in [4.69, 9.17) is 4.52 Å². The number of amides is 1. The standard InChI is InChI=1S/C26H22N4O3S2/c1-16(34-25-26(32)33-29-30(25)19-10-6-3-7-11-19)23(31)28-24-21(15-27)20-13-12-18(14-22(20)35-24)17-8-4-2-5-9-17/h2-11,16,18H,12-14H2,1H3,(H-,28,29,31,32)/p+1. The highest BCUT2D eigenvalue weighted by Gasteiger charge is 2.31. The molecule has 0 aliphatic heterocycles. The molecule has 1 aliphatic carbocycles. The highest BCUT2D eigenvalue weighted by Crippen LogP contribution is 2.42. The molecular weight excluding hydrogens is 480 g/mol. The molecule has 0 spiro atoms. The van der Waals surface area contributed by atoms with Crippen molar-refractivity contribution in [3.05, 3.63) is 92.7 Å². The fourth-order valence-corrected chi connectivity index (χ4v) is 6.52. The molecule has 0 bridgehead atoms. The Balaban J connectivity index is 1.33. The van der Waals surface area contributed by atoms with Crippen molar-refractivity contribution in [1.29, 1.82) is 5.26 Å². The third kappa shape index (κ3) is 4.67. The Bertz CT molecular complexity index is 1450. The Hall–Kier alpha value is -3.61. The minimum absolute atomic E-state index is 0.273. The molecule has 1 amide bonds. The first-order valence-electron chi connectivity index (χ1n) is 11.3. The molecule has 35 heavy (non-hydrogen) atoms. The Labute approximate surface area is 210 Å². The summed E-state index contributed by atoms with van der Waals surface area (Å²) in [5, 5.41) is 15.6. The van der Waals surface area contributed by atoms with Gasteiger partial charge in [0.25, 0.3) is 0 Å². The zero-order valence-corrected chi connectivity index (χ0v) is 20.6. The zero-order valence-electron chi connectivity index (χ0n) is 19.0. The van der Waals surface area contributed by atoms with E-state index in [0.29, 0.717) is 16.5 Å². The predicted molar refractivity (Wildman–Crippen MR) is 135 cm³/mol. The first-order valence-corrected chi connectivity index (χ1v) is 13.0. The molecule has 9 heteroatoms. The molecule has 0 saturated heterocycles. The molecule has 0 radical (unpaired) electrons. The minimum Gasteiger partial charge on any atom is -0.316 e. The number of hydrogen-bond donors (Lipinski definition) is 2. The molecule has 4 aromatic rings. The first kappa shape index (κ1) is 23.1. The number of thiophene rings is 1. The molecule has 2 unspecified atom stereocenters. The summed E-state index contributed by atoms with van der Waals surface area (Å²) in [7, 11) is 0. The Kier molecular flexibility index (Phi) is 6.57. The summed E-state index contributed by atoms with van der Waals surface area (Å²) in [6.45, 7) is 1.73. The number of benzene rings is 2. The van der Waals surface area contributed by atoms with Gasteiger partial charge < -0.3 is 5.32 Å². The SMILES string of the molecule is CC(Sc1c(=O)o[nH][n+]1-c1ccccc1)C(=O)Nc1sc2c(c1C#N)CCC(c1ccccc1)C2. The lowest BCUT2D eigenvalue weighted by Crippen LogP contribution is -2.37. The number of anilines is 1. The van der Waals surface area contributed by atoms with Crippen LogP contribution in [0.5, 0.6) is 0 Å². The molecule has 1 aliphatic rings. The maximum Gasteiger partial charge on any atom is 0.442 e. The van der Waals surface area contributed by atoms with Crippen molar-refractivity contribution in [2.75, 3.05) is 5.32 Å². The van der Waals surface area contributed by atoms with Crippen LogP contribution in [0.15, 0.2) is 75.0 Å². The molecule has 2 heterocycles. The summed E-state index contributed by atoms with van der Waals surface area (Å²) in [5.74, 6) is 0.137. The van der Waals surface area contributed by atoms with Crippen molar-refractivity contribution in [1.82, 2.24) is 5.27 Å². The number of rotatable bonds is 6. The lowest BCUT2D eigenvalue weighted by molar-refractivity contribution is -0.704. The van der Waals surface area contributed by atoms with Gasteiger partial charge in [-0.25, -0.2) is 4.79 Å². The third-order valence-corrected chi connectivity index (χ3v) is 8.47. The second-order valence-electron chi connectivity index (χ2n) is 8.38. The molecule has 0 fully saturated rings. The van der Waals surface area contributed by atoms with Gasteiger partial charge in [-0.15, -0.1) is 11.3 Å². The number of aromatic amines is 1. The number of nitrogens with one attached hydrogen (secondary N) is 2. The van der Waals surface area contributed by atoms with Gasteiger partial charge >= 0.3 is 10.7 Å². The van der Waals surface area contributed by atoms with Gasteiger partial charge in [0.05, 0.1) is 10.8 Å². The van der Waals surface area contributed by atoms with Gasteiger partial charge in [-0.2, -0.15) is 5.26 Å². The summed E-state index contributed by atoms with van der Waals surface area (Å²) >= 11 is 2.59. The second-order valence-corrected chi connectivity index (χ2v) is 10.8. The maximum atomic E-state index is 13.1. The number of carbonyl (C=O) groups excluding carboxylic acids is 1. The van der Waals surface area contributed by atoms with E-state index < -0.39 is 10.9 Å². The number of H-pyrrole nitrogens is 1. The molecule has 176 valence electrons. The van der Waals surface area contributed by atoms with Crippen LogP contribution in [0.2, 0.25) is 0 Å². The Morgan fingerprint density at radius 1 is 1.23 bits per heavy atom. The number of fused-ring (bicyclic) bond motifs is 1. The smallest absolute Gasteiger partial charge is 0.316 e. The Morgan fingerprint density at radius 3 is 2.66 bits per heavy atom. The highest BCUT2D eigenvalue weighted by molar-refractivity contribution is 8.00. The molecule has 5 rings (SSSR count). The second kappa shape index (κ2) is 9.94. The summed E-state index contributed by atoms with van der Waals surface area (Å²) < 4.78 is 6.49. The number of aromatic nitrogens is 2. The molecule has 7 nitrogen and oxygen atoms in total. The van der Waals surface area contributed by atoms with E-state index in [1.807, 2.05) is 36.4 Å². The van der Waals surface area contributed by atoms with Crippen molar-refractivity contribution in [3.8, 4) is 11.8 Å². The molecule has 2 aromatic carbocycles. The van der Waals surface area contributed by atoms with Crippen molar-refractivity contribution in [2.45, 2.75) is 42.4 Å². The van der Waals surface area contributed by atoms with Gasteiger partial charge in [-0.3, -0.25) is 9.32 Å². The van der Waals surface area contributed by atoms with E-state index in [9.17, 15) is 14.9 Å². The molecule has 2 aromatic heterocycles. The highest BCUT2D eigenvalue weighted by atomic mass is 32.2. The van der Waals surface area contributed by atoms with Crippen LogP contribution in [0.4, 0.5) is 5.00 Å². The average molecular weight is 504 g/mol. The number of carbonyl (C=O) groups is 1. The molecule has 0 saturated carbocycles. The van der Waals surface area contributed by atoms with Crippen molar-refractivity contribution in [3.63, 3.8) is 0 Å². The van der Waals surface area contributed by atoms with Crippen LogP contribution in [0.3, 0.4) is 0 Å².